The highest BCUT2D eigenvalue weighted by molar-refractivity contribution is 7.98. The molecule has 0 amide bonds. The summed E-state index contributed by atoms with van der Waals surface area (Å²) in [5, 5.41) is 9.12. The first-order chi connectivity index (χ1) is 8.72. The topological polar surface area (TPSA) is 65.0 Å². The van der Waals surface area contributed by atoms with Crippen LogP contribution in [-0.2, 0) is 0 Å². The van der Waals surface area contributed by atoms with E-state index in [-0.39, 0.29) is 12.4 Å². The number of ether oxygens (including phenoxy) is 3. The lowest BCUT2D eigenvalue weighted by Gasteiger charge is -2.09. The van der Waals surface area contributed by atoms with Gasteiger partial charge in [-0.1, -0.05) is 0 Å². The van der Waals surface area contributed by atoms with Crippen LogP contribution in [0.2, 0.25) is 0 Å². The van der Waals surface area contributed by atoms with E-state index in [1.165, 1.54) is 6.07 Å². The van der Waals surface area contributed by atoms with Gasteiger partial charge in [-0.15, -0.1) is 0 Å². The molecule has 0 aliphatic carbocycles. The minimum atomic E-state index is -1.03. The van der Waals surface area contributed by atoms with Crippen LogP contribution in [0.5, 0.6) is 17.2 Å². The second-order valence-corrected chi connectivity index (χ2v) is 4.69. The molecule has 0 unspecified atom stereocenters. The average Bonchev–Trinajstić information content (AvgIpc) is 2.80. The number of hydrogen-bond donors (Lipinski definition) is 1. The van der Waals surface area contributed by atoms with E-state index in [0.717, 1.165) is 12.2 Å². The zero-order valence-corrected chi connectivity index (χ0v) is 10.8. The minimum Gasteiger partial charge on any atom is -0.493 e. The number of aromatic carboxylic acids is 1. The molecule has 1 aliphatic rings. The van der Waals surface area contributed by atoms with Crippen LogP contribution >= 0.6 is 11.8 Å². The summed E-state index contributed by atoms with van der Waals surface area (Å²) in [7, 11) is 0. The second kappa shape index (κ2) is 5.86. The Balaban J connectivity index is 2.14. The summed E-state index contributed by atoms with van der Waals surface area (Å²) < 4.78 is 15.8. The summed E-state index contributed by atoms with van der Waals surface area (Å²) in [6, 6.07) is 3.01. The summed E-state index contributed by atoms with van der Waals surface area (Å²) in [4.78, 5) is 11.1. The van der Waals surface area contributed by atoms with E-state index >= 15 is 0 Å². The van der Waals surface area contributed by atoms with Gasteiger partial charge in [0, 0.05) is 12.1 Å². The second-order valence-electron chi connectivity index (χ2n) is 3.70. The van der Waals surface area contributed by atoms with E-state index in [9.17, 15) is 4.79 Å². The molecule has 1 heterocycles. The molecule has 18 heavy (non-hydrogen) atoms. The lowest BCUT2D eigenvalue weighted by Crippen LogP contribution is -2.05. The van der Waals surface area contributed by atoms with Gasteiger partial charge in [0.15, 0.2) is 11.5 Å². The average molecular weight is 270 g/mol. The number of benzene rings is 1. The van der Waals surface area contributed by atoms with Gasteiger partial charge in [-0.2, -0.15) is 11.8 Å². The number of carboxylic acids is 1. The van der Waals surface area contributed by atoms with Crippen molar-refractivity contribution in [2.75, 3.05) is 25.4 Å². The van der Waals surface area contributed by atoms with Crippen molar-refractivity contribution in [1.82, 2.24) is 0 Å². The fourth-order valence-corrected chi connectivity index (χ4v) is 2.00. The van der Waals surface area contributed by atoms with Gasteiger partial charge in [0.1, 0.15) is 11.3 Å². The van der Waals surface area contributed by atoms with Crippen LogP contribution in [0.15, 0.2) is 12.1 Å². The predicted molar refractivity (Wildman–Crippen MR) is 68.0 cm³/mol. The number of thioether (sulfide) groups is 1. The van der Waals surface area contributed by atoms with Gasteiger partial charge in [0.05, 0.1) is 6.61 Å². The van der Waals surface area contributed by atoms with E-state index in [1.807, 2.05) is 6.26 Å². The van der Waals surface area contributed by atoms with Gasteiger partial charge in [0.2, 0.25) is 6.79 Å². The number of hydrogen-bond acceptors (Lipinski definition) is 5. The molecule has 0 saturated heterocycles. The molecule has 0 atom stereocenters. The smallest absolute Gasteiger partial charge is 0.339 e. The molecule has 0 spiro atoms. The number of carboxylic acid groups (broad SMARTS) is 1. The molecule has 6 heteroatoms. The molecule has 0 radical (unpaired) electrons. The Morgan fingerprint density at radius 3 is 2.83 bits per heavy atom. The summed E-state index contributed by atoms with van der Waals surface area (Å²) >= 11 is 1.73. The fraction of sp³-hybridized carbons (Fsp3) is 0.417. The van der Waals surface area contributed by atoms with Crippen LogP contribution in [0.25, 0.3) is 0 Å². The number of rotatable bonds is 6. The van der Waals surface area contributed by atoms with Crippen LogP contribution in [0, 0.1) is 0 Å². The zero-order valence-electron chi connectivity index (χ0n) is 9.97. The van der Waals surface area contributed by atoms with Crippen LogP contribution in [0.1, 0.15) is 16.8 Å². The predicted octanol–water partition coefficient (Wildman–Crippen LogP) is 2.25. The Kier molecular flexibility index (Phi) is 4.19. The molecular weight excluding hydrogens is 256 g/mol. The van der Waals surface area contributed by atoms with Crippen molar-refractivity contribution < 1.29 is 24.1 Å². The standard InChI is InChI=1S/C12H14O5S/c1-18-4-2-3-15-9-6-11-10(16-7-17-11)5-8(9)12(13)14/h5-6H,2-4,7H2,1H3,(H,13,14). The van der Waals surface area contributed by atoms with Crippen molar-refractivity contribution in [3.05, 3.63) is 17.7 Å². The molecule has 98 valence electrons. The zero-order chi connectivity index (χ0) is 13.0. The van der Waals surface area contributed by atoms with Gasteiger partial charge in [-0.05, 0) is 18.4 Å². The first kappa shape index (κ1) is 12.9. The largest absolute Gasteiger partial charge is 0.493 e. The third-order valence-electron chi connectivity index (χ3n) is 2.46. The Morgan fingerprint density at radius 2 is 2.17 bits per heavy atom. The molecule has 5 nitrogen and oxygen atoms in total. The summed E-state index contributed by atoms with van der Waals surface area (Å²) in [6.45, 7) is 0.602. The maximum Gasteiger partial charge on any atom is 0.339 e. The van der Waals surface area contributed by atoms with Crippen molar-refractivity contribution >= 4 is 17.7 Å². The van der Waals surface area contributed by atoms with Gasteiger partial charge in [-0.25, -0.2) is 4.79 Å². The van der Waals surface area contributed by atoms with Crippen molar-refractivity contribution in [3.63, 3.8) is 0 Å². The molecule has 0 bridgehead atoms. The minimum absolute atomic E-state index is 0.100. The molecule has 1 aliphatic heterocycles. The van der Waals surface area contributed by atoms with Crippen LogP contribution in [0.4, 0.5) is 0 Å². The first-order valence-corrected chi connectivity index (χ1v) is 6.90. The summed E-state index contributed by atoms with van der Waals surface area (Å²) in [6.07, 6.45) is 2.89. The van der Waals surface area contributed by atoms with Crippen molar-refractivity contribution in [1.29, 1.82) is 0 Å². The molecule has 1 N–H and O–H groups in total. The van der Waals surface area contributed by atoms with Crippen molar-refractivity contribution in [3.8, 4) is 17.2 Å². The van der Waals surface area contributed by atoms with Crippen LogP contribution in [0.3, 0.4) is 0 Å². The third-order valence-corrected chi connectivity index (χ3v) is 3.15. The lowest BCUT2D eigenvalue weighted by molar-refractivity contribution is 0.0692. The highest BCUT2D eigenvalue weighted by Gasteiger charge is 2.21. The van der Waals surface area contributed by atoms with Gasteiger partial charge >= 0.3 is 5.97 Å². The molecule has 0 saturated carbocycles. The highest BCUT2D eigenvalue weighted by Crippen LogP contribution is 2.38. The molecule has 0 aromatic heterocycles. The van der Waals surface area contributed by atoms with E-state index < -0.39 is 5.97 Å². The quantitative estimate of drug-likeness (QED) is 0.800. The SMILES string of the molecule is CSCCCOc1cc2c(cc1C(=O)O)OCO2. The maximum atomic E-state index is 11.1. The van der Waals surface area contributed by atoms with Crippen LogP contribution in [-0.4, -0.2) is 36.5 Å². The Labute approximate surface area is 109 Å². The Bertz CT molecular complexity index is 446. The first-order valence-electron chi connectivity index (χ1n) is 5.51. The van der Waals surface area contributed by atoms with E-state index in [0.29, 0.717) is 23.9 Å². The Morgan fingerprint density at radius 1 is 1.44 bits per heavy atom. The molecule has 0 fully saturated rings. The fourth-order valence-electron chi connectivity index (χ4n) is 1.60. The number of fused-ring (bicyclic) bond motifs is 1. The van der Waals surface area contributed by atoms with E-state index in [4.69, 9.17) is 19.3 Å². The number of carbonyl (C=O) groups is 1. The van der Waals surface area contributed by atoms with E-state index in [1.54, 1.807) is 17.8 Å². The molecular formula is C12H14O5S. The third kappa shape index (κ3) is 2.81. The van der Waals surface area contributed by atoms with Crippen molar-refractivity contribution in [2.45, 2.75) is 6.42 Å². The molecule has 1 aromatic carbocycles. The molecule has 2 rings (SSSR count). The maximum absolute atomic E-state index is 11.1. The molecule has 1 aromatic rings. The van der Waals surface area contributed by atoms with E-state index in [2.05, 4.69) is 0 Å². The van der Waals surface area contributed by atoms with Crippen LogP contribution < -0.4 is 14.2 Å². The normalized spacial score (nSPS) is 12.5. The highest BCUT2D eigenvalue weighted by atomic mass is 32.2. The van der Waals surface area contributed by atoms with Crippen molar-refractivity contribution in [2.24, 2.45) is 0 Å². The summed E-state index contributed by atoms with van der Waals surface area (Å²) in [5.41, 5.74) is 0.100. The van der Waals surface area contributed by atoms with Gasteiger partial charge < -0.3 is 19.3 Å². The van der Waals surface area contributed by atoms with Gasteiger partial charge in [-0.3, -0.25) is 0 Å². The Hall–Kier alpha value is -1.56. The summed E-state index contributed by atoms with van der Waals surface area (Å²) in [5.74, 6) is 1.25. The van der Waals surface area contributed by atoms with Gasteiger partial charge in [0.25, 0.3) is 0 Å². The monoisotopic (exact) mass is 270 g/mol. The lowest BCUT2D eigenvalue weighted by atomic mass is 10.2.